The van der Waals surface area contributed by atoms with Crippen LogP contribution in [0.25, 0.3) is 0 Å². The maximum atomic E-state index is 12.9. The second-order valence-corrected chi connectivity index (χ2v) is 2.48. The standard InChI is InChI=1S/C9H11FO2/c1-7-2-3-8(6-9(7)10)12-5-4-11/h2-3,6,11H,4-5H2,1H3. The Morgan fingerprint density at radius 1 is 1.50 bits per heavy atom. The van der Waals surface area contributed by atoms with E-state index in [0.29, 0.717) is 11.3 Å². The van der Waals surface area contributed by atoms with Gasteiger partial charge in [0.25, 0.3) is 0 Å². The summed E-state index contributed by atoms with van der Waals surface area (Å²) in [6.07, 6.45) is 0. The number of benzene rings is 1. The Bertz CT molecular complexity index is 261. The van der Waals surface area contributed by atoms with Crippen LogP contribution in [-0.4, -0.2) is 18.3 Å². The molecular weight excluding hydrogens is 159 g/mol. The summed E-state index contributed by atoms with van der Waals surface area (Å²) in [6.45, 7) is 1.82. The Balaban J connectivity index is 2.69. The largest absolute Gasteiger partial charge is 0.491 e. The van der Waals surface area contributed by atoms with Gasteiger partial charge in [-0.2, -0.15) is 0 Å². The van der Waals surface area contributed by atoms with Gasteiger partial charge in [0, 0.05) is 6.07 Å². The molecule has 0 saturated heterocycles. The minimum atomic E-state index is -0.287. The van der Waals surface area contributed by atoms with Gasteiger partial charge in [-0.25, -0.2) is 4.39 Å². The summed E-state index contributed by atoms with van der Waals surface area (Å²) in [4.78, 5) is 0. The number of rotatable bonds is 3. The van der Waals surface area contributed by atoms with Gasteiger partial charge in [0.2, 0.25) is 0 Å². The zero-order valence-electron chi connectivity index (χ0n) is 6.88. The van der Waals surface area contributed by atoms with E-state index < -0.39 is 0 Å². The third kappa shape index (κ3) is 2.20. The minimum Gasteiger partial charge on any atom is -0.491 e. The fourth-order valence-electron chi connectivity index (χ4n) is 0.827. The first kappa shape index (κ1) is 9.00. The van der Waals surface area contributed by atoms with Crippen LogP contribution in [0.3, 0.4) is 0 Å². The summed E-state index contributed by atoms with van der Waals surface area (Å²) in [5, 5.41) is 8.43. The molecule has 0 unspecified atom stereocenters. The van der Waals surface area contributed by atoms with Crippen LogP contribution in [-0.2, 0) is 0 Å². The Morgan fingerprint density at radius 2 is 2.25 bits per heavy atom. The van der Waals surface area contributed by atoms with Gasteiger partial charge >= 0.3 is 0 Å². The van der Waals surface area contributed by atoms with Crippen molar-refractivity contribution in [3.63, 3.8) is 0 Å². The summed E-state index contributed by atoms with van der Waals surface area (Å²) in [5.74, 6) is 0.164. The number of hydrogen-bond donors (Lipinski definition) is 1. The third-order valence-electron chi connectivity index (χ3n) is 1.50. The molecule has 0 aromatic heterocycles. The van der Waals surface area contributed by atoms with Crippen molar-refractivity contribution in [3.8, 4) is 5.75 Å². The van der Waals surface area contributed by atoms with Crippen LogP contribution in [0.5, 0.6) is 5.75 Å². The third-order valence-corrected chi connectivity index (χ3v) is 1.50. The average molecular weight is 170 g/mol. The summed E-state index contributed by atoms with van der Waals surface area (Å²) in [5.41, 5.74) is 0.589. The Labute approximate surface area is 70.6 Å². The van der Waals surface area contributed by atoms with Gasteiger partial charge < -0.3 is 9.84 Å². The quantitative estimate of drug-likeness (QED) is 0.745. The highest BCUT2D eigenvalue weighted by molar-refractivity contribution is 5.27. The van der Waals surface area contributed by atoms with Gasteiger partial charge in [0.1, 0.15) is 18.2 Å². The summed E-state index contributed by atoms with van der Waals surface area (Å²) in [6, 6.07) is 4.63. The van der Waals surface area contributed by atoms with Crippen molar-refractivity contribution in [2.45, 2.75) is 6.92 Å². The number of aliphatic hydroxyl groups is 1. The first-order chi connectivity index (χ1) is 5.74. The molecule has 0 heterocycles. The van der Waals surface area contributed by atoms with Crippen LogP contribution in [0, 0.1) is 12.7 Å². The highest BCUT2D eigenvalue weighted by Crippen LogP contribution is 2.15. The highest BCUT2D eigenvalue weighted by atomic mass is 19.1. The summed E-state index contributed by atoms with van der Waals surface area (Å²) >= 11 is 0. The molecule has 1 aromatic carbocycles. The smallest absolute Gasteiger partial charge is 0.129 e. The first-order valence-corrected chi connectivity index (χ1v) is 3.74. The molecule has 0 radical (unpaired) electrons. The molecule has 0 fully saturated rings. The maximum Gasteiger partial charge on any atom is 0.129 e. The lowest BCUT2D eigenvalue weighted by Gasteiger charge is -2.04. The van der Waals surface area contributed by atoms with Crippen LogP contribution in [0.15, 0.2) is 18.2 Å². The lowest BCUT2D eigenvalue weighted by Crippen LogP contribution is -2.01. The van der Waals surface area contributed by atoms with Crippen molar-refractivity contribution in [2.24, 2.45) is 0 Å². The number of hydrogen-bond acceptors (Lipinski definition) is 2. The van der Waals surface area contributed by atoms with E-state index in [1.807, 2.05) is 0 Å². The molecule has 0 spiro atoms. The molecule has 3 heteroatoms. The predicted octanol–water partition coefficient (Wildman–Crippen LogP) is 1.51. The molecule has 1 aromatic rings. The molecule has 0 aliphatic rings. The Kier molecular flexibility index (Phi) is 3.05. The highest BCUT2D eigenvalue weighted by Gasteiger charge is 1.98. The van der Waals surface area contributed by atoms with Gasteiger partial charge in [0.05, 0.1) is 6.61 Å². The van der Waals surface area contributed by atoms with Gasteiger partial charge in [-0.1, -0.05) is 6.07 Å². The molecule has 0 aliphatic carbocycles. The van der Waals surface area contributed by atoms with E-state index in [-0.39, 0.29) is 19.0 Å². The molecule has 0 amide bonds. The summed E-state index contributed by atoms with van der Waals surface area (Å²) in [7, 11) is 0. The van der Waals surface area contributed by atoms with Gasteiger partial charge in [-0.3, -0.25) is 0 Å². The van der Waals surface area contributed by atoms with Crippen molar-refractivity contribution in [1.29, 1.82) is 0 Å². The number of ether oxygens (including phenoxy) is 1. The van der Waals surface area contributed by atoms with Crippen molar-refractivity contribution in [1.82, 2.24) is 0 Å². The molecular formula is C9H11FO2. The Hall–Kier alpha value is -1.09. The molecule has 0 saturated carbocycles. The maximum absolute atomic E-state index is 12.9. The van der Waals surface area contributed by atoms with Crippen LogP contribution >= 0.6 is 0 Å². The number of aryl methyl sites for hydroxylation is 1. The molecule has 12 heavy (non-hydrogen) atoms. The topological polar surface area (TPSA) is 29.5 Å². The second kappa shape index (κ2) is 4.07. The number of halogens is 1. The fourth-order valence-corrected chi connectivity index (χ4v) is 0.827. The van der Waals surface area contributed by atoms with Crippen molar-refractivity contribution >= 4 is 0 Å². The minimum absolute atomic E-state index is 0.0600. The van der Waals surface area contributed by atoms with Crippen molar-refractivity contribution in [2.75, 3.05) is 13.2 Å². The Morgan fingerprint density at radius 3 is 2.83 bits per heavy atom. The molecule has 1 N–H and O–H groups in total. The molecule has 0 bridgehead atoms. The number of aliphatic hydroxyl groups excluding tert-OH is 1. The van der Waals surface area contributed by atoms with E-state index in [1.165, 1.54) is 6.07 Å². The predicted molar refractivity (Wildman–Crippen MR) is 43.7 cm³/mol. The van der Waals surface area contributed by atoms with Crippen molar-refractivity contribution in [3.05, 3.63) is 29.6 Å². The SMILES string of the molecule is Cc1ccc(OCCO)cc1F. The monoisotopic (exact) mass is 170 g/mol. The molecule has 0 atom stereocenters. The second-order valence-electron chi connectivity index (χ2n) is 2.48. The molecule has 2 nitrogen and oxygen atoms in total. The molecule has 1 rings (SSSR count). The van der Waals surface area contributed by atoms with E-state index in [2.05, 4.69) is 0 Å². The first-order valence-electron chi connectivity index (χ1n) is 3.74. The van der Waals surface area contributed by atoms with Crippen LogP contribution in [0.4, 0.5) is 4.39 Å². The lowest BCUT2D eigenvalue weighted by molar-refractivity contribution is 0.201. The summed E-state index contributed by atoms with van der Waals surface area (Å²) < 4.78 is 17.9. The van der Waals surface area contributed by atoms with E-state index in [0.717, 1.165) is 0 Å². The van der Waals surface area contributed by atoms with E-state index in [1.54, 1.807) is 19.1 Å². The average Bonchev–Trinajstić information content (AvgIpc) is 2.07. The van der Waals surface area contributed by atoms with E-state index >= 15 is 0 Å². The van der Waals surface area contributed by atoms with Crippen LogP contribution < -0.4 is 4.74 Å². The molecule has 0 aliphatic heterocycles. The normalized spacial score (nSPS) is 9.92. The lowest BCUT2D eigenvalue weighted by atomic mass is 10.2. The van der Waals surface area contributed by atoms with Crippen LogP contribution in [0.2, 0.25) is 0 Å². The van der Waals surface area contributed by atoms with Crippen molar-refractivity contribution < 1.29 is 14.2 Å². The van der Waals surface area contributed by atoms with Crippen LogP contribution in [0.1, 0.15) is 5.56 Å². The van der Waals surface area contributed by atoms with Gasteiger partial charge in [-0.15, -0.1) is 0 Å². The van der Waals surface area contributed by atoms with E-state index in [4.69, 9.17) is 9.84 Å². The zero-order chi connectivity index (χ0) is 8.97. The zero-order valence-corrected chi connectivity index (χ0v) is 6.88. The van der Waals surface area contributed by atoms with Gasteiger partial charge in [-0.05, 0) is 18.6 Å². The van der Waals surface area contributed by atoms with E-state index in [9.17, 15) is 4.39 Å². The van der Waals surface area contributed by atoms with Gasteiger partial charge in [0.15, 0.2) is 0 Å². The fraction of sp³-hybridized carbons (Fsp3) is 0.333. The molecule has 66 valence electrons.